The molecule has 28 heavy (non-hydrogen) atoms. The molecule has 3 aliphatic heterocycles. The van der Waals surface area contributed by atoms with Gasteiger partial charge in [0.1, 0.15) is 18.0 Å². The number of hydrogen-bond acceptors (Lipinski definition) is 5. The van der Waals surface area contributed by atoms with Gasteiger partial charge in [-0.2, -0.15) is 0 Å². The number of fused-ring (bicyclic) bond motifs is 1. The highest BCUT2D eigenvalue weighted by Crippen LogP contribution is 2.54. The molecule has 6 nitrogen and oxygen atoms in total. The molecule has 1 aliphatic carbocycles. The third kappa shape index (κ3) is 3.11. The molecule has 3 heterocycles. The third-order valence-electron chi connectivity index (χ3n) is 4.63. The number of amides is 2. The normalized spacial score (nSPS) is 28.7. The van der Waals surface area contributed by atoms with E-state index in [0.717, 1.165) is 0 Å². The highest BCUT2D eigenvalue weighted by molar-refractivity contribution is 8.05. The molecule has 0 bridgehead atoms. The average Bonchev–Trinajstić information content (AvgIpc) is 3.10. The predicted octanol–water partition coefficient (Wildman–Crippen LogP) is 3.07. The molecule has 2 saturated heterocycles. The minimum Gasteiger partial charge on any atom is -0.447 e. The summed E-state index contributed by atoms with van der Waals surface area (Å²) in [6, 6.07) is 0. The van der Waals surface area contributed by atoms with Crippen LogP contribution in [0.25, 0.3) is 0 Å². The van der Waals surface area contributed by atoms with Gasteiger partial charge in [-0.1, -0.05) is 11.6 Å². The number of ether oxygens (including phenoxy) is 2. The van der Waals surface area contributed by atoms with Crippen molar-refractivity contribution < 1.29 is 41.0 Å². The molecule has 13 heteroatoms. The summed E-state index contributed by atoms with van der Waals surface area (Å²) in [6.07, 6.45) is -5.53. The standard InChI is InChI=1S/C15H10ClF5N2O4S/c16-8-7-5(17)1-6(27-15(19,20)21)9(18)10(7)28-11(8)12(24)23-2-14(3-23)4-26-13(25)22-14/h1,7,10H,2-4H2,(H,22,25). The second-order valence-corrected chi connectivity index (χ2v) is 8.18. The van der Waals surface area contributed by atoms with Gasteiger partial charge in [0.05, 0.1) is 16.1 Å². The number of carbonyl (C=O) groups is 2. The lowest BCUT2D eigenvalue weighted by atomic mass is 9.91. The minimum absolute atomic E-state index is 0.0770. The average molecular weight is 445 g/mol. The number of nitrogens with one attached hydrogen (secondary N) is 1. The summed E-state index contributed by atoms with van der Waals surface area (Å²) in [4.78, 5) is 24.9. The van der Waals surface area contributed by atoms with Crippen LogP contribution < -0.4 is 5.32 Å². The lowest BCUT2D eigenvalue weighted by molar-refractivity contribution is -0.304. The molecular weight excluding hydrogens is 435 g/mol. The molecule has 2 fully saturated rings. The number of allylic oxidation sites excluding steroid dienone is 3. The Morgan fingerprint density at radius 3 is 2.64 bits per heavy atom. The lowest BCUT2D eigenvalue weighted by Gasteiger charge is -2.46. The number of nitrogens with zero attached hydrogens (tertiary/aromatic N) is 1. The summed E-state index contributed by atoms with van der Waals surface area (Å²) in [6.45, 7) is 0.300. The van der Waals surface area contributed by atoms with Gasteiger partial charge in [0.2, 0.25) is 0 Å². The molecule has 2 unspecified atom stereocenters. The van der Waals surface area contributed by atoms with E-state index >= 15 is 0 Å². The summed E-state index contributed by atoms with van der Waals surface area (Å²) in [5, 5.41) is 0.812. The number of likely N-dealkylation sites (tertiary alicyclic amines) is 1. The van der Waals surface area contributed by atoms with E-state index in [2.05, 4.69) is 10.1 Å². The molecular formula is C15H10ClF5N2O4S. The molecule has 0 aromatic rings. The van der Waals surface area contributed by atoms with Crippen molar-refractivity contribution in [3.63, 3.8) is 0 Å². The van der Waals surface area contributed by atoms with E-state index in [1.807, 2.05) is 0 Å². The first kappa shape index (κ1) is 19.4. The number of halogens is 6. The van der Waals surface area contributed by atoms with Crippen LogP contribution in [-0.2, 0) is 14.3 Å². The molecule has 2 atom stereocenters. The topological polar surface area (TPSA) is 67.9 Å². The summed E-state index contributed by atoms with van der Waals surface area (Å²) < 4.78 is 74.2. The number of alkyl halides is 3. The molecule has 0 saturated carbocycles. The minimum atomic E-state index is -5.20. The smallest absolute Gasteiger partial charge is 0.447 e. The summed E-state index contributed by atoms with van der Waals surface area (Å²) >= 11 is 6.61. The molecule has 152 valence electrons. The van der Waals surface area contributed by atoms with Crippen molar-refractivity contribution in [3.05, 3.63) is 33.4 Å². The molecule has 4 aliphatic rings. The van der Waals surface area contributed by atoms with Gasteiger partial charge in [0, 0.05) is 24.2 Å². The highest BCUT2D eigenvalue weighted by Gasteiger charge is 2.54. The van der Waals surface area contributed by atoms with Crippen LogP contribution in [-0.4, -0.2) is 53.7 Å². The molecule has 1 spiro atoms. The van der Waals surface area contributed by atoms with Crippen molar-refractivity contribution in [3.8, 4) is 0 Å². The SMILES string of the molecule is O=C1NC2(CO1)CN(C(=O)C1=C(Cl)C3C(F)=CC(OC(F)(F)F)=C(F)C3S1)C2. The van der Waals surface area contributed by atoms with Crippen LogP contribution in [0.5, 0.6) is 0 Å². The molecule has 1 N–H and O–H groups in total. The Morgan fingerprint density at radius 1 is 1.39 bits per heavy atom. The Bertz CT molecular complexity index is 865. The van der Waals surface area contributed by atoms with Crippen LogP contribution in [0, 0.1) is 5.92 Å². The zero-order valence-electron chi connectivity index (χ0n) is 13.6. The number of carbonyl (C=O) groups excluding carboxylic acids is 2. The van der Waals surface area contributed by atoms with Crippen molar-refractivity contribution in [1.29, 1.82) is 0 Å². The highest BCUT2D eigenvalue weighted by atomic mass is 35.5. The third-order valence-corrected chi connectivity index (χ3v) is 6.53. The number of hydrogen-bond donors (Lipinski definition) is 1. The Hall–Kier alpha value is -1.95. The number of cyclic esters (lactones) is 1. The van der Waals surface area contributed by atoms with Gasteiger partial charge in [0.15, 0.2) is 11.6 Å². The van der Waals surface area contributed by atoms with Crippen LogP contribution in [0.1, 0.15) is 0 Å². The van der Waals surface area contributed by atoms with Crippen LogP contribution in [0.4, 0.5) is 26.7 Å². The maximum absolute atomic E-state index is 14.4. The van der Waals surface area contributed by atoms with E-state index in [1.54, 1.807) is 0 Å². The van der Waals surface area contributed by atoms with Crippen LogP contribution in [0.2, 0.25) is 0 Å². The van der Waals surface area contributed by atoms with E-state index in [-0.39, 0.29) is 35.7 Å². The first-order chi connectivity index (χ1) is 13.0. The Kier molecular flexibility index (Phi) is 4.34. The first-order valence-corrected chi connectivity index (χ1v) is 9.08. The van der Waals surface area contributed by atoms with Crippen LogP contribution in [0.3, 0.4) is 0 Å². The fraction of sp³-hybridized carbons (Fsp3) is 0.467. The molecule has 0 aromatic heterocycles. The quantitative estimate of drug-likeness (QED) is 0.663. The van der Waals surface area contributed by atoms with E-state index in [4.69, 9.17) is 16.3 Å². The van der Waals surface area contributed by atoms with Crippen LogP contribution >= 0.6 is 23.4 Å². The lowest BCUT2D eigenvalue weighted by Crippen LogP contribution is -2.70. The van der Waals surface area contributed by atoms with Crippen molar-refractivity contribution in [2.45, 2.75) is 17.2 Å². The summed E-state index contributed by atoms with van der Waals surface area (Å²) in [7, 11) is 0. The second-order valence-electron chi connectivity index (χ2n) is 6.63. The zero-order valence-corrected chi connectivity index (χ0v) is 15.2. The van der Waals surface area contributed by atoms with E-state index in [9.17, 15) is 31.5 Å². The van der Waals surface area contributed by atoms with E-state index in [1.165, 1.54) is 4.90 Å². The summed E-state index contributed by atoms with van der Waals surface area (Å²) in [5.41, 5.74) is -0.708. The van der Waals surface area contributed by atoms with Gasteiger partial charge < -0.3 is 19.7 Å². The predicted molar refractivity (Wildman–Crippen MR) is 86.0 cm³/mol. The van der Waals surface area contributed by atoms with Crippen molar-refractivity contribution in [2.24, 2.45) is 5.92 Å². The van der Waals surface area contributed by atoms with E-state index < -0.39 is 52.5 Å². The van der Waals surface area contributed by atoms with Crippen molar-refractivity contribution in [1.82, 2.24) is 10.2 Å². The fourth-order valence-electron chi connectivity index (χ4n) is 3.40. The molecule has 4 rings (SSSR count). The number of rotatable bonds is 2. The van der Waals surface area contributed by atoms with Crippen molar-refractivity contribution in [2.75, 3.05) is 19.7 Å². The number of alkyl carbamates (subject to hydrolysis) is 1. The zero-order chi connectivity index (χ0) is 20.4. The number of thioether (sulfide) groups is 1. The first-order valence-electron chi connectivity index (χ1n) is 7.83. The Labute approximate surface area is 163 Å². The second kappa shape index (κ2) is 6.28. The largest absolute Gasteiger partial charge is 0.573 e. The van der Waals surface area contributed by atoms with Gasteiger partial charge in [0.25, 0.3) is 5.91 Å². The van der Waals surface area contributed by atoms with Gasteiger partial charge in [-0.15, -0.1) is 24.9 Å². The van der Waals surface area contributed by atoms with Gasteiger partial charge in [-0.3, -0.25) is 4.79 Å². The fourth-order valence-corrected chi connectivity index (χ4v) is 5.27. The van der Waals surface area contributed by atoms with E-state index in [0.29, 0.717) is 11.8 Å². The van der Waals surface area contributed by atoms with Gasteiger partial charge in [-0.05, 0) is 0 Å². The van der Waals surface area contributed by atoms with Gasteiger partial charge >= 0.3 is 12.5 Å². The van der Waals surface area contributed by atoms with Crippen LogP contribution in [0.15, 0.2) is 33.4 Å². The van der Waals surface area contributed by atoms with Crippen molar-refractivity contribution >= 4 is 35.4 Å². The van der Waals surface area contributed by atoms with Gasteiger partial charge in [-0.25, -0.2) is 13.6 Å². The molecule has 0 aromatic carbocycles. The maximum Gasteiger partial charge on any atom is 0.573 e. The molecule has 2 amide bonds. The summed E-state index contributed by atoms with van der Waals surface area (Å²) in [5.74, 6) is -5.83. The Morgan fingerprint density at radius 2 is 2.07 bits per heavy atom. The maximum atomic E-state index is 14.4. The monoisotopic (exact) mass is 444 g/mol. The Balaban J connectivity index is 1.52. The molecule has 0 radical (unpaired) electrons.